The molecule has 1 aromatic rings. The van der Waals surface area contributed by atoms with Gasteiger partial charge in [-0.05, 0) is 36.6 Å². The van der Waals surface area contributed by atoms with Crippen molar-refractivity contribution in [1.29, 1.82) is 0 Å². The SMILES string of the molecule is CCc1ccc(N)cc1[C@](C)(N)CO. The van der Waals surface area contributed by atoms with Crippen molar-refractivity contribution in [1.82, 2.24) is 0 Å². The van der Waals surface area contributed by atoms with E-state index in [1.165, 1.54) is 0 Å². The van der Waals surface area contributed by atoms with E-state index in [1.807, 2.05) is 18.2 Å². The van der Waals surface area contributed by atoms with Crippen molar-refractivity contribution in [2.45, 2.75) is 25.8 Å². The monoisotopic (exact) mass is 194 g/mol. The largest absolute Gasteiger partial charge is 0.399 e. The lowest BCUT2D eigenvalue weighted by Crippen LogP contribution is -2.38. The number of rotatable bonds is 3. The van der Waals surface area contributed by atoms with E-state index in [9.17, 15) is 5.11 Å². The Balaban J connectivity index is 3.23. The molecule has 14 heavy (non-hydrogen) atoms. The van der Waals surface area contributed by atoms with Crippen molar-refractivity contribution in [3.8, 4) is 0 Å². The summed E-state index contributed by atoms with van der Waals surface area (Å²) in [5.41, 5.74) is 13.7. The highest BCUT2D eigenvalue weighted by Crippen LogP contribution is 2.24. The zero-order chi connectivity index (χ0) is 10.8. The number of hydrogen-bond acceptors (Lipinski definition) is 3. The van der Waals surface area contributed by atoms with Crippen molar-refractivity contribution in [3.05, 3.63) is 29.3 Å². The normalized spacial score (nSPS) is 15.1. The van der Waals surface area contributed by atoms with E-state index in [1.54, 1.807) is 6.92 Å². The van der Waals surface area contributed by atoms with E-state index >= 15 is 0 Å². The molecule has 78 valence electrons. The summed E-state index contributed by atoms with van der Waals surface area (Å²) in [6.07, 6.45) is 0.891. The fraction of sp³-hybridized carbons (Fsp3) is 0.455. The van der Waals surface area contributed by atoms with Gasteiger partial charge in [0.2, 0.25) is 0 Å². The molecule has 0 aliphatic heterocycles. The van der Waals surface area contributed by atoms with Gasteiger partial charge in [0, 0.05) is 5.69 Å². The first-order valence-corrected chi connectivity index (χ1v) is 4.80. The maximum absolute atomic E-state index is 9.19. The van der Waals surface area contributed by atoms with Gasteiger partial charge in [-0.1, -0.05) is 13.0 Å². The Hall–Kier alpha value is -1.06. The average molecular weight is 194 g/mol. The van der Waals surface area contributed by atoms with Crippen LogP contribution in [0.1, 0.15) is 25.0 Å². The number of hydrogen-bond donors (Lipinski definition) is 3. The molecule has 0 radical (unpaired) electrons. The predicted molar refractivity (Wildman–Crippen MR) is 58.9 cm³/mol. The molecule has 1 aromatic carbocycles. The second-order valence-electron chi connectivity index (χ2n) is 3.85. The molecule has 5 N–H and O–H groups in total. The fourth-order valence-corrected chi connectivity index (χ4v) is 1.52. The van der Waals surface area contributed by atoms with Crippen LogP contribution in [0.4, 0.5) is 5.69 Å². The number of nitrogens with two attached hydrogens (primary N) is 2. The van der Waals surface area contributed by atoms with E-state index in [0.29, 0.717) is 5.69 Å². The van der Waals surface area contributed by atoms with Crippen molar-refractivity contribution in [2.24, 2.45) is 5.73 Å². The zero-order valence-corrected chi connectivity index (χ0v) is 8.75. The van der Waals surface area contributed by atoms with Gasteiger partial charge in [-0.3, -0.25) is 0 Å². The van der Waals surface area contributed by atoms with Gasteiger partial charge >= 0.3 is 0 Å². The third-order valence-electron chi connectivity index (χ3n) is 2.46. The minimum Gasteiger partial charge on any atom is -0.399 e. The summed E-state index contributed by atoms with van der Waals surface area (Å²) in [6.45, 7) is 3.78. The highest BCUT2D eigenvalue weighted by Gasteiger charge is 2.22. The van der Waals surface area contributed by atoms with Crippen LogP contribution in [0.5, 0.6) is 0 Å². The Morgan fingerprint density at radius 3 is 2.57 bits per heavy atom. The summed E-state index contributed by atoms with van der Waals surface area (Å²) in [5.74, 6) is 0. The quantitative estimate of drug-likeness (QED) is 0.628. The Morgan fingerprint density at radius 1 is 1.43 bits per heavy atom. The summed E-state index contributed by atoms with van der Waals surface area (Å²) in [4.78, 5) is 0. The Morgan fingerprint density at radius 2 is 2.07 bits per heavy atom. The van der Waals surface area contributed by atoms with Crippen LogP contribution in [0.2, 0.25) is 0 Å². The smallest absolute Gasteiger partial charge is 0.0650 e. The van der Waals surface area contributed by atoms with Crippen molar-refractivity contribution < 1.29 is 5.11 Å². The first-order chi connectivity index (χ1) is 6.51. The molecule has 0 aliphatic rings. The first kappa shape index (κ1) is 11.0. The molecule has 3 nitrogen and oxygen atoms in total. The molecule has 0 fully saturated rings. The highest BCUT2D eigenvalue weighted by molar-refractivity contribution is 5.47. The number of aryl methyl sites for hydroxylation is 1. The maximum Gasteiger partial charge on any atom is 0.0650 e. The van der Waals surface area contributed by atoms with E-state index in [0.717, 1.165) is 17.5 Å². The molecular formula is C11H18N2O. The molecule has 1 rings (SSSR count). The van der Waals surface area contributed by atoms with Crippen LogP contribution in [0.15, 0.2) is 18.2 Å². The predicted octanol–water partition coefficient (Wildman–Crippen LogP) is 0.997. The van der Waals surface area contributed by atoms with Gasteiger partial charge < -0.3 is 16.6 Å². The maximum atomic E-state index is 9.19. The highest BCUT2D eigenvalue weighted by atomic mass is 16.3. The van der Waals surface area contributed by atoms with Crippen LogP contribution >= 0.6 is 0 Å². The summed E-state index contributed by atoms with van der Waals surface area (Å²) in [5, 5.41) is 9.19. The third-order valence-corrected chi connectivity index (χ3v) is 2.46. The second-order valence-corrected chi connectivity index (χ2v) is 3.85. The zero-order valence-electron chi connectivity index (χ0n) is 8.75. The molecule has 0 saturated heterocycles. The Kier molecular flexibility index (Phi) is 3.13. The van der Waals surface area contributed by atoms with Gasteiger partial charge in [-0.15, -0.1) is 0 Å². The molecule has 1 atom stereocenters. The molecule has 0 spiro atoms. The van der Waals surface area contributed by atoms with Gasteiger partial charge in [-0.25, -0.2) is 0 Å². The molecule has 0 bridgehead atoms. The van der Waals surface area contributed by atoms with Crippen LogP contribution in [0, 0.1) is 0 Å². The third kappa shape index (κ3) is 2.05. The molecular weight excluding hydrogens is 176 g/mol. The molecule has 3 heteroatoms. The van der Waals surface area contributed by atoms with Crippen molar-refractivity contribution in [2.75, 3.05) is 12.3 Å². The number of nitrogen functional groups attached to an aromatic ring is 1. The first-order valence-electron chi connectivity index (χ1n) is 4.80. The van der Waals surface area contributed by atoms with Crippen LogP contribution < -0.4 is 11.5 Å². The lowest BCUT2D eigenvalue weighted by molar-refractivity contribution is 0.209. The van der Waals surface area contributed by atoms with Crippen LogP contribution in [0.25, 0.3) is 0 Å². The van der Waals surface area contributed by atoms with E-state index in [-0.39, 0.29) is 6.61 Å². The van der Waals surface area contributed by atoms with Gasteiger partial charge in [-0.2, -0.15) is 0 Å². The number of aliphatic hydroxyl groups excluding tert-OH is 1. The molecule has 0 amide bonds. The van der Waals surface area contributed by atoms with E-state index < -0.39 is 5.54 Å². The summed E-state index contributed by atoms with van der Waals surface area (Å²) in [6, 6.07) is 5.66. The molecule has 0 saturated carbocycles. The van der Waals surface area contributed by atoms with Crippen LogP contribution in [-0.2, 0) is 12.0 Å². The fourth-order valence-electron chi connectivity index (χ4n) is 1.52. The Labute approximate surface area is 84.7 Å². The molecule has 0 unspecified atom stereocenters. The van der Waals surface area contributed by atoms with Crippen LogP contribution in [0.3, 0.4) is 0 Å². The Bertz CT molecular complexity index is 321. The number of anilines is 1. The van der Waals surface area contributed by atoms with Gasteiger partial charge in [0.1, 0.15) is 0 Å². The van der Waals surface area contributed by atoms with Gasteiger partial charge in [0.25, 0.3) is 0 Å². The van der Waals surface area contributed by atoms with Crippen LogP contribution in [-0.4, -0.2) is 11.7 Å². The number of benzene rings is 1. The van der Waals surface area contributed by atoms with E-state index in [2.05, 4.69) is 6.92 Å². The van der Waals surface area contributed by atoms with E-state index in [4.69, 9.17) is 11.5 Å². The molecule has 0 aliphatic carbocycles. The van der Waals surface area contributed by atoms with Gasteiger partial charge in [0.05, 0.1) is 12.1 Å². The summed E-state index contributed by atoms with van der Waals surface area (Å²) >= 11 is 0. The van der Waals surface area contributed by atoms with Crippen molar-refractivity contribution in [3.63, 3.8) is 0 Å². The molecule has 0 aromatic heterocycles. The standard InChI is InChI=1S/C11H18N2O/c1-3-8-4-5-9(12)6-10(8)11(2,13)7-14/h4-6,14H,3,7,12-13H2,1-2H3/t11-/m1/s1. The molecule has 0 heterocycles. The summed E-state index contributed by atoms with van der Waals surface area (Å²) in [7, 11) is 0. The van der Waals surface area contributed by atoms with Gasteiger partial charge in [0.15, 0.2) is 0 Å². The lowest BCUT2D eigenvalue weighted by atomic mass is 9.88. The number of aliphatic hydroxyl groups is 1. The minimum absolute atomic E-state index is 0.0799. The lowest BCUT2D eigenvalue weighted by Gasteiger charge is -2.25. The second kappa shape index (κ2) is 3.98. The minimum atomic E-state index is -0.708. The summed E-state index contributed by atoms with van der Waals surface area (Å²) < 4.78 is 0. The van der Waals surface area contributed by atoms with Crippen molar-refractivity contribution >= 4 is 5.69 Å². The average Bonchev–Trinajstić information content (AvgIpc) is 2.18. The topological polar surface area (TPSA) is 72.3 Å².